The smallest absolute Gasteiger partial charge is 0.308 e. The second kappa shape index (κ2) is 4.06. The van der Waals surface area contributed by atoms with Gasteiger partial charge in [0.1, 0.15) is 0 Å². The van der Waals surface area contributed by atoms with E-state index in [4.69, 9.17) is 5.11 Å². The van der Waals surface area contributed by atoms with Crippen molar-refractivity contribution in [2.24, 2.45) is 0 Å². The van der Waals surface area contributed by atoms with Gasteiger partial charge >= 0.3 is 11.9 Å². The lowest BCUT2D eigenvalue weighted by Gasteiger charge is -2.18. The highest BCUT2D eigenvalue weighted by Gasteiger charge is 2.27. The summed E-state index contributed by atoms with van der Waals surface area (Å²) in [5.74, 6) is -1.77. The standard InChI is InChI=1S/C7H12O5/c1-7(11,3-5(8)9)4-6(10)12-2/h11H,3-4H2,1-2H3,(H,8,9)/t7-/m0/s1. The maximum Gasteiger partial charge on any atom is 0.308 e. The predicted molar refractivity (Wildman–Crippen MR) is 39.5 cm³/mol. The van der Waals surface area contributed by atoms with E-state index in [1.54, 1.807) is 0 Å². The van der Waals surface area contributed by atoms with E-state index in [-0.39, 0.29) is 6.42 Å². The number of carbonyl (C=O) groups is 2. The van der Waals surface area contributed by atoms with Crippen LogP contribution in [-0.4, -0.2) is 34.9 Å². The number of methoxy groups -OCH3 is 1. The highest BCUT2D eigenvalue weighted by Crippen LogP contribution is 2.14. The summed E-state index contributed by atoms with van der Waals surface area (Å²) in [4.78, 5) is 20.8. The van der Waals surface area contributed by atoms with E-state index >= 15 is 0 Å². The molecule has 0 aliphatic heterocycles. The first kappa shape index (κ1) is 10.9. The molecule has 0 fully saturated rings. The number of aliphatic hydroxyl groups is 1. The van der Waals surface area contributed by atoms with Crippen LogP contribution in [0.25, 0.3) is 0 Å². The van der Waals surface area contributed by atoms with Crippen molar-refractivity contribution in [1.29, 1.82) is 0 Å². The van der Waals surface area contributed by atoms with Crippen LogP contribution in [0.3, 0.4) is 0 Å². The Bertz CT molecular complexity index is 184. The normalized spacial score (nSPS) is 14.9. The molecule has 12 heavy (non-hydrogen) atoms. The van der Waals surface area contributed by atoms with E-state index in [2.05, 4.69) is 4.74 Å². The topological polar surface area (TPSA) is 83.8 Å². The minimum absolute atomic E-state index is 0.310. The van der Waals surface area contributed by atoms with Crippen molar-refractivity contribution < 1.29 is 24.5 Å². The van der Waals surface area contributed by atoms with Crippen LogP contribution in [0.2, 0.25) is 0 Å². The lowest BCUT2D eigenvalue weighted by molar-refractivity contribution is -0.149. The Hall–Kier alpha value is -1.10. The van der Waals surface area contributed by atoms with E-state index in [9.17, 15) is 14.7 Å². The summed E-state index contributed by atoms with van der Waals surface area (Å²) in [6.07, 6.45) is -0.780. The van der Waals surface area contributed by atoms with Gasteiger partial charge in [0.15, 0.2) is 0 Å². The number of carbonyl (C=O) groups excluding carboxylic acids is 1. The Labute approximate surface area is 70.0 Å². The molecular formula is C7H12O5. The number of ether oxygens (including phenoxy) is 1. The molecule has 5 heteroatoms. The van der Waals surface area contributed by atoms with Gasteiger partial charge in [0, 0.05) is 0 Å². The average molecular weight is 176 g/mol. The van der Waals surface area contributed by atoms with Gasteiger partial charge in [0.05, 0.1) is 25.6 Å². The number of carboxylic acid groups (broad SMARTS) is 1. The summed E-state index contributed by atoms with van der Waals surface area (Å²) >= 11 is 0. The molecule has 0 aromatic carbocycles. The lowest BCUT2D eigenvalue weighted by Crippen LogP contribution is -2.31. The minimum Gasteiger partial charge on any atom is -0.481 e. The maximum absolute atomic E-state index is 10.6. The first-order valence-electron chi connectivity index (χ1n) is 3.38. The first-order valence-corrected chi connectivity index (χ1v) is 3.38. The summed E-state index contributed by atoms with van der Waals surface area (Å²) in [6.45, 7) is 1.28. The summed E-state index contributed by atoms with van der Waals surface area (Å²) in [6, 6.07) is 0. The Morgan fingerprint density at radius 1 is 1.42 bits per heavy atom. The number of esters is 1. The van der Waals surface area contributed by atoms with Crippen LogP contribution < -0.4 is 0 Å². The van der Waals surface area contributed by atoms with Gasteiger partial charge in [-0.15, -0.1) is 0 Å². The van der Waals surface area contributed by atoms with Crippen molar-refractivity contribution >= 4 is 11.9 Å². The van der Waals surface area contributed by atoms with Crippen LogP contribution >= 0.6 is 0 Å². The van der Waals surface area contributed by atoms with Gasteiger partial charge in [-0.1, -0.05) is 0 Å². The van der Waals surface area contributed by atoms with Crippen molar-refractivity contribution in [2.45, 2.75) is 25.4 Å². The van der Waals surface area contributed by atoms with E-state index in [0.717, 1.165) is 0 Å². The summed E-state index contributed by atoms with van der Waals surface area (Å²) in [5, 5.41) is 17.6. The van der Waals surface area contributed by atoms with Crippen molar-refractivity contribution in [2.75, 3.05) is 7.11 Å². The Morgan fingerprint density at radius 3 is 2.25 bits per heavy atom. The summed E-state index contributed by atoms with van der Waals surface area (Å²) in [7, 11) is 1.18. The fourth-order valence-corrected chi connectivity index (χ4v) is 0.771. The Balaban J connectivity index is 4.03. The molecule has 0 saturated carbocycles. The summed E-state index contributed by atoms with van der Waals surface area (Å²) in [5.41, 5.74) is -1.53. The van der Waals surface area contributed by atoms with Gasteiger partial charge < -0.3 is 14.9 Å². The molecule has 0 rings (SSSR count). The number of aliphatic carboxylic acids is 1. The SMILES string of the molecule is COC(=O)C[C@@](C)(O)CC(=O)O. The molecule has 0 aromatic heterocycles. The van der Waals surface area contributed by atoms with E-state index in [1.807, 2.05) is 0 Å². The quantitative estimate of drug-likeness (QED) is 0.578. The van der Waals surface area contributed by atoms with Gasteiger partial charge in [-0.3, -0.25) is 9.59 Å². The molecule has 0 bridgehead atoms. The molecule has 5 nitrogen and oxygen atoms in total. The zero-order valence-corrected chi connectivity index (χ0v) is 7.03. The van der Waals surface area contributed by atoms with Crippen LogP contribution in [0.5, 0.6) is 0 Å². The molecule has 0 aliphatic rings. The highest BCUT2D eigenvalue weighted by atomic mass is 16.5. The first-order chi connectivity index (χ1) is 5.37. The largest absolute Gasteiger partial charge is 0.481 e. The molecule has 70 valence electrons. The second-order valence-electron chi connectivity index (χ2n) is 2.82. The molecule has 2 N–H and O–H groups in total. The van der Waals surface area contributed by atoms with Gasteiger partial charge in [-0.05, 0) is 6.92 Å². The molecule has 0 spiro atoms. The number of carboxylic acids is 1. The Kier molecular flexibility index (Phi) is 3.69. The third kappa shape index (κ3) is 4.68. The van der Waals surface area contributed by atoms with Gasteiger partial charge in [0.25, 0.3) is 0 Å². The number of hydrogen-bond acceptors (Lipinski definition) is 4. The van der Waals surface area contributed by atoms with Crippen LogP contribution in [0.15, 0.2) is 0 Å². The monoisotopic (exact) mass is 176 g/mol. The predicted octanol–water partition coefficient (Wildman–Crippen LogP) is -0.225. The fraction of sp³-hybridized carbons (Fsp3) is 0.714. The third-order valence-electron chi connectivity index (χ3n) is 1.28. The minimum atomic E-state index is -1.53. The fourth-order valence-electron chi connectivity index (χ4n) is 0.771. The molecule has 0 aliphatic carbocycles. The molecule has 0 radical (unpaired) electrons. The van der Waals surface area contributed by atoms with Crippen LogP contribution in [-0.2, 0) is 14.3 Å². The van der Waals surface area contributed by atoms with Crippen molar-refractivity contribution in [3.8, 4) is 0 Å². The molecule has 0 saturated heterocycles. The van der Waals surface area contributed by atoms with Gasteiger partial charge in [0.2, 0.25) is 0 Å². The van der Waals surface area contributed by atoms with E-state index in [0.29, 0.717) is 0 Å². The van der Waals surface area contributed by atoms with Crippen LogP contribution in [0.1, 0.15) is 19.8 Å². The molecule has 1 atom stereocenters. The zero-order chi connectivity index (χ0) is 9.78. The molecular weight excluding hydrogens is 164 g/mol. The Morgan fingerprint density at radius 2 is 1.92 bits per heavy atom. The molecule has 0 unspecified atom stereocenters. The maximum atomic E-state index is 10.6. The second-order valence-corrected chi connectivity index (χ2v) is 2.82. The zero-order valence-electron chi connectivity index (χ0n) is 7.03. The number of rotatable bonds is 4. The molecule has 0 heterocycles. The number of hydrogen-bond donors (Lipinski definition) is 2. The van der Waals surface area contributed by atoms with Gasteiger partial charge in [-0.25, -0.2) is 0 Å². The van der Waals surface area contributed by atoms with Crippen molar-refractivity contribution in [3.05, 3.63) is 0 Å². The van der Waals surface area contributed by atoms with Crippen molar-refractivity contribution in [3.63, 3.8) is 0 Å². The molecule has 0 aromatic rings. The summed E-state index contributed by atoms with van der Waals surface area (Å²) < 4.78 is 4.28. The van der Waals surface area contributed by atoms with Crippen molar-refractivity contribution in [1.82, 2.24) is 0 Å². The lowest BCUT2D eigenvalue weighted by atomic mass is 9.98. The highest BCUT2D eigenvalue weighted by molar-refractivity contribution is 5.73. The average Bonchev–Trinajstić information content (AvgIpc) is 1.83. The molecule has 0 amide bonds. The third-order valence-corrected chi connectivity index (χ3v) is 1.28. The van der Waals surface area contributed by atoms with Crippen LogP contribution in [0, 0.1) is 0 Å². The van der Waals surface area contributed by atoms with Crippen LogP contribution in [0.4, 0.5) is 0 Å². The van der Waals surface area contributed by atoms with Gasteiger partial charge in [-0.2, -0.15) is 0 Å². The van der Waals surface area contributed by atoms with E-state index < -0.39 is 24.0 Å². The van der Waals surface area contributed by atoms with E-state index in [1.165, 1.54) is 14.0 Å².